The van der Waals surface area contributed by atoms with Gasteiger partial charge in [0.1, 0.15) is 5.71 Å². The second-order valence-electron chi connectivity index (χ2n) is 4.73. The monoisotopic (exact) mass is 238 g/mol. The Morgan fingerprint density at radius 1 is 1.53 bits per heavy atom. The van der Waals surface area contributed by atoms with Crippen LogP contribution in [0.15, 0.2) is 5.10 Å². The molecule has 6 heteroatoms. The van der Waals surface area contributed by atoms with E-state index in [1.807, 2.05) is 6.92 Å². The lowest BCUT2D eigenvalue weighted by Crippen LogP contribution is -2.51. The number of hydrogen-bond donors (Lipinski definition) is 2. The number of carbonyl (C=O) groups is 2. The molecule has 0 aromatic carbocycles. The van der Waals surface area contributed by atoms with Crippen molar-refractivity contribution in [2.75, 3.05) is 6.54 Å². The molecular weight excluding hydrogens is 220 g/mol. The minimum Gasteiger partial charge on any atom is -0.335 e. The highest BCUT2D eigenvalue weighted by molar-refractivity contribution is 6.39. The molecule has 2 amide bonds. The lowest BCUT2D eigenvalue weighted by molar-refractivity contribution is -0.127. The van der Waals surface area contributed by atoms with E-state index in [1.54, 1.807) is 4.90 Å². The van der Waals surface area contributed by atoms with Gasteiger partial charge in [0.05, 0.1) is 0 Å². The van der Waals surface area contributed by atoms with E-state index in [2.05, 4.69) is 10.5 Å². The molecule has 17 heavy (non-hydrogen) atoms. The Morgan fingerprint density at radius 2 is 2.29 bits per heavy atom. The number of hydrogen-bond acceptors (Lipinski definition) is 4. The topological polar surface area (TPSA) is 87.8 Å². The minimum atomic E-state index is -0.129. The molecule has 6 nitrogen and oxygen atoms in total. The normalized spacial score (nSPS) is 29.6. The van der Waals surface area contributed by atoms with Crippen molar-refractivity contribution in [1.29, 1.82) is 0 Å². The number of amides is 2. The van der Waals surface area contributed by atoms with Crippen LogP contribution in [0.2, 0.25) is 0 Å². The molecule has 1 saturated heterocycles. The highest BCUT2D eigenvalue weighted by Crippen LogP contribution is 2.17. The van der Waals surface area contributed by atoms with E-state index in [9.17, 15) is 9.59 Å². The number of nitrogens with zero attached hydrogens (tertiary/aromatic N) is 2. The largest absolute Gasteiger partial charge is 0.335 e. The Labute approximate surface area is 100 Å². The van der Waals surface area contributed by atoms with Crippen molar-refractivity contribution in [2.45, 2.75) is 44.7 Å². The molecule has 0 bridgehead atoms. The Morgan fingerprint density at radius 3 is 2.88 bits per heavy atom. The fourth-order valence-electron chi connectivity index (χ4n) is 2.30. The number of piperidine rings is 1. The number of carbonyl (C=O) groups excluding carboxylic acids is 2. The number of nitrogens with two attached hydrogens (primary N) is 1. The average Bonchev–Trinajstić information content (AvgIpc) is 2.29. The Kier molecular flexibility index (Phi) is 3.42. The number of hydrazone groups is 1. The van der Waals surface area contributed by atoms with Crippen molar-refractivity contribution < 1.29 is 9.59 Å². The molecule has 94 valence electrons. The molecular formula is C11H18N4O2. The lowest BCUT2D eigenvalue weighted by Gasteiger charge is -2.36. The Hall–Kier alpha value is -1.43. The van der Waals surface area contributed by atoms with Gasteiger partial charge >= 0.3 is 0 Å². The van der Waals surface area contributed by atoms with Crippen molar-refractivity contribution in [3.8, 4) is 0 Å². The van der Waals surface area contributed by atoms with Gasteiger partial charge in [-0.05, 0) is 19.8 Å². The maximum Gasteiger partial charge on any atom is 0.270 e. The van der Waals surface area contributed by atoms with Gasteiger partial charge < -0.3 is 10.6 Å². The first-order valence-electron chi connectivity index (χ1n) is 6.00. The van der Waals surface area contributed by atoms with Crippen LogP contribution in [-0.4, -0.2) is 41.1 Å². The van der Waals surface area contributed by atoms with Crippen LogP contribution < -0.4 is 11.2 Å². The Bertz CT molecular complexity index is 366. The summed E-state index contributed by atoms with van der Waals surface area (Å²) in [6.07, 6.45) is 2.42. The van der Waals surface area contributed by atoms with Gasteiger partial charge in [-0.15, -0.1) is 0 Å². The molecule has 2 rings (SSSR count). The van der Waals surface area contributed by atoms with Gasteiger partial charge in [0.2, 0.25) is 5.91 Å². The van der Waals surface area contributed by atoms with Crippen LogP contribution in [0.5, 0.6) is 0 Å². The molecule has 0 aromatic rings. The first kappa shape index (κ1) is 12.0. The third kappa shape index (κ3) is 2.63. The van der Waals surface area contributed by atoms with Crippen molar-refractivity contribution in [3.63, 3.8) is 0 Å². The molecule has 2 aliphatic heterocycles. The number of likely N-dealkylation sites (tertiary alicyclic amines) is 1. The third-order valence-corrected chi connectivity index (χ3v) is 3.33. The highest BCUT2D eigenvalue weighted by Gasteiger charge is 2.30. The van der Waals surface area contributed by atoms with E-state index >= 15 is 0 Å². The van der Waals surface area contributed by atoms with Crippen LogP contribution >= 0.6 is 0 Å². The summed E-state index contributed by atoms with van der Waals surface area (Å²) in [6.45, 7) is 2.67. The summed E-state index contributed by atoms with van der Waals surface area (Å²) >= 11 is 0. The molecule has 1 fully saturated rings. The number of nitrogens with one attached hydrogen (secondary N) is 1. The van der Waals surface area contributed by atoms with Gasteiger partial charge in [0.25, 0.3) is 5.91 Å². The van der Waals surface area contributed by atoms with Crippen molar-refractivity contribution in [2.24, 2.45) is 10.8 Å². The molecule has 2 atom stereocenters. The maximum absolute atomic E-state index is 12.2. The summed E-state index contributed by atoms with van der Waals surface area (Å²) in [4.78, 5) is 24.9. The summed E-state index contributed by atoms with van der Waals surface area (Å²) < 4.78 is 0. The first-order chi connectivity index (χ1) is 8.08. The van der Waals surface area contributed by atoms with E-state index in [0.29, 0.717) is 25.1 Å². The molecule has 0 saturated carbocycles. The van der Waals surface area contributed by atoms with Gasteiger partial charge in [-0.1, -0.05) is 0 Å². The van der Waals surface area contributed by atoms with E-state index in [-0.39, 0.29) is 23.9 Å². The van der Waals surface area contributed by atoms with Crippen LogP contribution in [0.3, 0.4) is 0 Å². The van der Waals surface area contributed by atoms with E-state index in [4.69, 9.17) is 5.73 Å². The maximum atomic E-state index is 12.2. The summed E-state index contributed by atoms with van der Waals surface area (Å²) in [6, 6.07) is 0.327. The zero-order chi connectivity index (χ0) is 12.4. The molecule has 0 radical (unpaired) electrons. The predicted molar refractivity (Wildman–Crippen MR) is 63.2 cm³/mol. The molecule has 3 N–H and O–H groups in total. The van der Waals surface area contributed by atoms with Gasteiger partial charge in [0.15, 0.2) is 0 Å². The molecule has 0 aliphatic carbocycles. The minimum absolute atomic E-state index is 0.0654. The standard InChI is InChI=1S/C11H18N4O2/c1-7-6-8(12)4-5-15(7)11(17)9-2-3-10(16)14-13-9/h7-8H,2-6,12H2,1H3,(H,14,16). The molecule has 2 aliphatic rings. The molecule has 2 unspecified atom stereocenters. The third-order valence-electron chi connectivity index (χ3n) is 3.33. The summed E-state index contributed by atoms with van der Waals surface area (Å²) in [5.41, 5.74) is 8.66. The zero-order valence-corrected chi connectivity index (χ0v) is 9.98. The summed E-state index contributed by atoms with van der Waals surface area (Å²) in [5, 5.41) is 3.83. The van der Waals surface area contributed by atoms with Crippen LogP contribution in [0.1, 0.15) is 32.6 Å². The second-order valence-corrected chi connectivity index (χ2v) is 4.73. The van der Waals surface area contributed by atoms with Crippen LogP contribution in [-0.2, 0) is 9.59 Å². The van der Waals surface area contributed by atoms with E-state index < -0.39 is 0 Å². The second kappa shape index (κ2) is 4.83. The number of rotatable bonds is 1. The smallest absolute Gasteiger partial charge is 0.270 e. The van der Waals surface area contributed by atoms with Crippen molar-refractivity contribution in [1.82, 2.24) is 10.3 Å². The fraction of sp³-hybridized carbons (Fsp3) is 0.727. The molecule has 0 spiro atoms. The van der Waals surface area contributed by atoms with Gasteiger partial charge in [-0.3, -0.25) is 9.59 Å². The van der Waals surface area contributed by atoms with Crippen LogP contribution in [0, 0.1) is 0 Å². The van der Waals surface area contributed by atoms with Gasteiger partial charge in [-0.25, -0.2) is 5.43 Å². The zero-order valence-electron chi connectivity index (χ0n) is 9.98. The Balaban J connectivity index is 2.02. The lowest BCUT2D eigenvalue weighted by atomic mass is 9.98. The van der Waals surface area contributed by atoms with Gasteiger partial charge in [0, 0.05) is 31.5 Å². The first-order valence-corrected chi connectivity index (χ1v) is 6.00. The SMILES string of the molecule is CC1CC(N)CCN1C(=O)C1=NNC(=O)CC1. The fourth-order valence-corrected chi connectivity index (χ4v) is 2.30. The van der Waals surface area contributed by atoms with E-state index in [0.717, 1.165) is 12.8 Å². The average molecular weight is 238 g/mol. The molecule has 2 heterocycles. The van der Waals surface area contributed by atoms with Crippen LogP contribution in [0.25, 0.3) is 0 Å². The highest BCUT2D eigenvalue weighted by atomic mass is 16.2. The summed E-state index contributed by atoms with van der Waals surface area (Å²) in [5.74, 6) is -0.195. The van der Waals surface area contributed by atoms with Crippen molar-refractivity contribution in [3.05, 3.63) is 0 Å². The van der Waals surface area contributed by atoms with Crippen LogP contribution in [0.4, 0.5) is 0 Å². The van der Waals surface area contributed by atoms with Crippen molar-refractivity contribution >= 4 is 17.5 Å². The van der Waals surface area contributed by atoms with Gasteiger partial charge in [-0.2, -0.15) is 5.10 Å². The quantitative estimate of drug-likeness (QED) is 0.651. The molecule has 0 aromatic heterocycles. The predicted octanol–water partition coefficient (Wildman–Crippen LogP) is -0.409. The van der Waals surface area contributed by atoms with E-state index in [1.165, 1.54) is 0 Å². The summed E-state index contributed by atoms with van der Waals surface area (Å²) in [7, 11) is 0.